The number of carbonyl (C=O) groups excluding carboxylic acids is 1. The van der Waals surface area contributed by atoms with E-state index in [4.69, 9.17) is 0 Å². The van der Waals surface area contributed by atoms with Crippen molar-refractivity contribution in [3.8, 4) is 22.4 Å². The monoisotopic (exact) mass is 492 g/mol. The van der Waals surface area contributed by atoms with Crippen LogP contribution < -0.4 is 0 Å². The number of amides is 1. The van der Waals surface area contributed by atoms with Crippen LogP contribution >= 0.6 is 0 Å². The Morgan fingerprint density at radius 2 is 1.64 bits per heavy atom. The number of hydrogen-bond acceptors (Lipinski definition) is 6. The number of benzene rings is 1. The van der Waals surface area contributed by atoms with Crippen LogP contribution in [-0.4, -0.2) is 61.8 Å². The zero-order valence-corrected chi connectivity index (χ0v) is 19.5. The van der Waals surface area contributed by atoms with Gasteiger partial charge in [0, 0.05) is 80.9 Å². The fourth-order valence-electron chi connectivity index (χ4n) is 4.40. The number of carbonyl (C=O) groups is 1. The molecule has 0 saturated carbocycles. The highest BCUT2D eigenvalue weighted by Crippen LogP contribution is 2.33. The molecule has 0 N–H and O–H groups in total. The maximum Gasteiger partial charge on any atom is 0.417 e. The number of rotatable bonds is 4. The van der Waals surface area contributed by atoms with Crippen molar-refractivity contribution in [2.24, 2.45) is 0 Å². The van der Waals surface area contributed by atoms with Crippen LogP contribution in [0.4, 0.5) is 13.2 Å². The Morgan fingerprint density at radius 1 is 0.889 bits per heavy atom. The van der Waals surface area contributed by atoms with Gasteiger partial charge in [0.15, 0.2) is 0 Å². The topological polar surface area (TPSA) is 75.1 Å². The molecule has 1 aromatic carbocycles. The van der Waals surface area contributed by atoms with Gasteiger partial charge in [-0.25, -0.2) is 9.97 Å². The van der Waals surface area contributed by atoms with E-state index in [0.717, 1.165) is 36.5 Å². The Morgan fingerprint density at radius 3 is 2.39 bits per heavy atom. The van der Waals surface area contributed by atoms with Crippen LogP contribution in [-0.2, 0) is 17.5 Å². The van der Waals surface area contributed by atoms with Crippen molar-refractivity contribution in [1.29, 1.82) is 0 Å². The summed E-state index contributed by atoms with van der Waals surface area (Å²) in [5, 5.41) is 0.710. The van der Waals surface area contributed by atoms with Crippen LogP contribution in [0, 0.1) is 0 Å². The van der Waals surface area contributed by atoms with Crippen molar-refractivity contribution in [2.75, 3.05) is 26.2 Å². The van der Waals surface area contributed by atoms with E-state index in [1.165, 1.54) is 12.5 Å². The first-order valence-corrected chi connectivity index (χ1v) is 11.5. The highest BCUT2D eigenvalue weighted by molar-refractivity contribution is 5.94. The summed E-state index contributed by atoms with van der Waals surface area (Å²) >= 11 is 0. The highest BCUT2D eigenvalue weighted by atomic mass is 19.4. The molecule has 4 heterocycles. The second-order valence-electron chi connectivity index (χ2n) is 8.78. The third kappa shape index (κ3) is 5.03. The van der Waals surface area contributed by atoms with Gasteiger partial charge in [-0.15, -0.1) is 0 Å². The summed E-state index contributed by atoms with van der Waals surface area (Å²) in [7, 11) is 0. The first kappa shape index (κ1) is 23.8. The molecule has 1 amide bonds. The molecular formula is C26H23F3N6O. The van der Waals surface area contributed by atoms with Gasteiger partial charge in [0.1, 0.15) is 6.33 Å². The van der Waals surface area contributed by atoms with Gasteiger partial charge in [-0.1, -0.05) is 6.07 Å². The summed E-state index contributed by atoms with van der Waals surface area (Å²) in [6, 6.07) is 8.39. The smallest absolute Gasteiger partial charge is 0.340 e. The van der Waals surface area contributed by atoms with E-state index >= 15 is 0 Å². The summed E-state index contributed by atoms with van der Waals surface area (Å²) < 4.78 is 39.6. The summed E-state index contributed by atoms with van der Waals surface area (Å²) in [4.78, 5) is 32.7. The van der Waals surface area contributed by atoms with E-state index in [1.54, 1.807) is 31.3 Å². The van der Waals surface area contributed by atoms with E-state index in [1.807, 2.05) is 17.2 Å². The average Bonchev–Trinajstić information content (AvgIpc) is 2.88. The maximum atomic E-state index is 13.2. The quantitative estimate of drug-likeness (QED) is 0.420. The molecule has 36 heavy (non-hydrogen) atoms. The molecule has 0 bridgehead atoms. The van der Waals surface area contributed by atoms with Crippen LogP contribution in [0.3, 0.4) is 0 Å². The predicted octanol–water partition coefficient (Wildman–Crippen LogP) is 4.44. The van der Waals surface area contributed by atoms with Crippen molar-refractivity contribution in [2.45, 2.75) is 19.6 Å². The lowest BCUT2D eigenvalue weighted by Gasteiger charge is -2.34. The Kier molecular flexibility index (Phi) is 6.36. The van der Waals surface area contributed by atoms with Crippen molar-refractivity contribution in [1.82, 2.24) is 29.7 Å². The number of fused-ring (bicyclic) bond motifs is 1. The number of halogens is 3. The van der Waals surface area contributed by atoms with E-state index < -0.39 is 11.7 Å². The van der Waals surface area contributed by atoms with Crippen LogP contribution in [0.5, 0.6) is 0 Å². The van der Waals surface area contributed by atoms with Crippen LogP contribution in [0.2, 0.25) is 0 Å². The van der Waals surface area contributed by atoms with Crippen molar-refractivity contribution in [3.63, 3.8) is 0 Å². The Bertz CT molecular complexity index is 1420. The largest absolute Gasteiger partial charge is 0.417 e. The molecule has 0 spiro atoms. The second-order valence-corrected chi connectivity index (χ2v) is 8.78. The number of pyridine rings is 2. The number of aromatic nitrogens is 4. The average molecular weight is 493 g/mol. The zero-order valence-electron chi connectivity index (χ0n) is 19.5. The first-order valence-electron chi connectivity index (χ1n) is 11.5. The fourth-order valence-corrected chi connectivity index (χ4v) is 4.40. The van der Waals surface area contributed by atoms with Gasteiger partial charge in [-0.3, -0.25) is 19.7 Å². The van der Waals surface area contributed by atoms with Crippen LogP contribution in [0.15, 0.2) is 61.4 Å². The molecule has 1 fully saturated rings. The molecule has 3 aromatic heterocycles. The van der Waals surface area contributed by atoms with Gasteiger partial charge < -0.3 is 4.90 Å². The van der Waals surface area contributed by atoms with Gasteiger partial charge in [0.25, 0.3) is 0 Å². The molecule has 5 rings (SSSR count). The number of hydrogen-bond donors (Lipinski definition) is 0. The van der Waals surface area contributed by atoms with Crippen molar-refractivity contribution < 1.29 is 18.0 Å². The molecule has 1 aliphatic rings. The molecule has 0 aliphatic carbocycles. The molecular weight excluding hydrogens is 469 g/mol. The Balaban J connectivity index is 1.45. The Labute approximate surface area is 205 Å². The van der Waals surface area contributed by atoms with Gasteiger partial charge in [-0.2, -0.15) is 13.2 Å². The maximum absolute atomic E-state index is 13.2. The molecule has 0 unspecified atom stereocenters. The van der Waals surface area contributed by atoms with Crippen LogP contribution in [0.1, 0.15) is 18.1 Å². The molecule has 1 aliphatic heterocycles. The zero-order chi connectivity index (χ0) is 25.3. The van der Waals surface area contributed by atoms with Crippen molar-refractivity contribution in [3.05, 3.63) is 72.6 Å². The molecule has 4 aromatic rings. The normalized spacial score (nSPS) is 14.8. The third-order valence-electron chi connectivity index (χ3n) is 6.33. The van der Waals surface area contributed by atoms with Gasteiger partial charge in [-0.05, 0) is 35.4 Å². The van der Waals surface area contributed by atoms with Gasteiger partial charge >= 0.3 is 6.18 Å². The summed E-state index contributed by atoms with van der Waals surface area (Å²) in [5.41, 5.74) is 3.27. The van der Waals surface area contributed by atoms with Gasteiger partial charge in [0.2, 0.25) is 5.91 Å². The Hall–Kier alpha value is -3.92. The van der Waals surface area contributed by atoms with E-state index in [2.05, 4.69) is 24.8 Å². The number of piperazine rings is 1. The number of alkyl halides is 3. The standard InChI is InChI=1S/C26H23F3N6O/c1-17(36)35-6-4-34(5-7-35)15-18-8-21(13-30-11-18)25-23-10-19(2-3-24(23)32-16-33-25)20-9-22(14-31-12-20)26(27,28)29/h2-3,8-14,16H,4-7,15H2,1H3. The summed E-state index contributed by atoms with van der Waals surface area (Å²) in [5.74, 6) is 0.0919. The van der Waals surface area contributed by atoms with E-state index in [0.29, 0.717) is 47.4 Å². The lowest BCUT2D eigenvalue weighted by molar-refractivity contribution is -0.137. The summed E-state index contributed by atoms with van der Waals surface area (Å²) in [6.45, 7) is 5.25. The second kappa shape index (κ2) is 9.62. The minimum absolute atomic E-state index is 0.0919. The molecule has 184 valence electrons. The molecule has 10 heteroatoms. The highest BCUT2D eigenvalue weighted by Gasteiger charge is 2.31. The molecule has 0 atom stereocenters. The number of nitrogens with zero attached hydrogens (tertiary/aromatic N) is 6. The summed E-state index contributed by atoms with van der Waals surface area (Å²) in [6.07, 6.45) is 2.75. The van der Waals surface area contributed by atoms with E-state index in [9.17, 15) is 18.0 Å². The predicted molar refractivity (Wildman–Crippen MR) is 129 cm³/mol. The SMILES string of the molecule is CC(=O)N1CCN(Cc2cncc(-c3ncnc4ccc(-c5cncc(C(F)(F)F)c5)cc34)c2)CC1. The lowest BCUT2D eigenvalue weighted by atomic mass is 10.0. The van der Waals surface area contributed by atoms with E-state index in [-0.39, 0.29) is 5.91 Å². The molecule has 0 radical (unpaired) electrons. The first-order chi connectivity index (χ1) is 17.3. The van der Waals surface area contributed by atoms with Crippen LogP contribution in [0.25, 0.3) is 33.3 Å². The lowest BCUT2D eigenvalue weighted by Crippen LogP contribution is -2.47. The minimum atomic E-state index is -4.47. The molecule has 7 nitrogen and oxygen atoms in total. The molecule has 1 saturated heterocycles. The van der Waals surface area contributed by atoms with Gasteiger partial charge in [0.05, 0.1) is 16.8 Å². The van der Waals surface area contributed by atoms with Crippen molar-refractivity contribution >= 4 is 16.8 Å². The third-order valence-corrected chi connectivity index (χ3v) is 6.33. The fraction of sp³-hybridized carbons (Fsp3) is 0.269. The minimum Gasteiger partial charge on any atom is -0.340 e.